The van der Waals surface area contributed by atoms with Crippen LogP contribution < -0.4 is 0 Å². The second kappa shape index (κ2) is 6.39. The van der Waals surface area contributed by atoms with Crippen LogP contribution in [0.2, 0.25) is 0 Å². The highest BCUT2D eigenvalue weighted by Gasteiger charge is 2.43. The van der Waals surface area contributed by atoms with Crippen LogP contribution >= 0.6 is 0 Å². The van der Waals surface area contributed by atoms with Crippen LogP contribution in [0, 0.1) is 0 Å². The van der Waals surface area contributed by atoms with Gasteiger partial charge >= 0.3 is 18.1 Å². The molecule has 1 aromatic carbocycles. The summed E-state index contributed by atoms with van der Waals surface area (Å²) in [6.07, 6.45) is -5.14. The summed E-state index contributed by atoms with van der Waals surface area (Å²) in [6, 6.07) is 4.61. The Kier molecular flexibility index (Phi) is 4.72. The molecule has 1 amide bonds. The third-order valence-corrected chi connectivity index (χ3v) is 3.64. The molecule has 0 saturated carbocycles. The molecule has 1 heterocycles. The molecule has 0 saturated heterocycles. The van der Waals surface area contributed by atoms with Gasteiger partial charge in [0.25, 0.3) is 0 Å². The summed E-state index contributed by atoms with van der Waals surface area (Å²) in [5.41, 5.74) is 1.51. The summed E-state index contributed by atoms with van der Waals surface area (Å²) >= 11 is 0. The molecule has 1 N–H and O–H groups in total. The average molecular weight is 329 g/mol. The normalized spacial score (nSPS) is 14.3. The van der Waals surface area contributed by atoms with Crippen LogP contribution in [-0.4, -0.2) is 40.4 Å². The number of nitrogens with zero attached hydrogens (tertiary/aromatic N) is 1. The van der Waals surface area contributed by atoms with E-state index in [2.05, 4.69) is 0 Å². The van der Waals surface area contributed by atoms with Gasteiger partial charge in [-0.25, -0.2) is 0 Å². The summed E-state index contributed by atoms with van der Waals surface area (Å²) in [7, 11) is 0. The number of Topliss-reactive ketones (excluding diaryl/α,β-unsaturated/α-hetero) is 1. The predicted molar refractivity (Wildman–Crippen MR) is 72.8 cm³/mol. The van der Waals surface area contributed by atoms with Crippen molar-refractivity contribution in [2.24, 2.45) is 0 Å². The lowest BCUT2D eigenvalue weighted by Gasteiger charge is -2.29. The number of carbonyl (C=O) groups is 3. The van der Waals surface area contributed by atoms with Crippen molar-refractivity contribution < 1.29 is 32.7 Å². The summed E-state index contributed by atoms with van der Waals surface area (Å²) in [6.45, 7) is -0.245. The summed E-state index contributed by atoms with van der Waals surface area (Å²) < 4.78 is 37.5. The van der Waals surface area contributed by atoms with E-state index in [0.29, 0.717) is 10.5 Å². The van der Waals surface area contributed by atoms with E-state index < -0.39 is 23.8 Å². The first-order valence-electron chi connectivity index (χ1n) is 6.91. The maximum absolute atomic E-state index is 12.5. The van der Waals surface area contributed by atoms with Crippen LogP contribution in [0.1, 0.15) is 34.3 Å². The summed E-state index contributed by atoms with van der Waals surface area (Å²) in [4.78, 5) is 34.4. The number of amides is 1. The third kappa shape index (κ3) is 4.08. The molecule has 0 aliphatic carbocycles. The van der Waals surface area contributed by atoms with Crippen LogP contribution in [0.25, 0.3) is 0 Å². The first-order chi connectivity index (χ1) is 10.7. The highest BCUT2D eigenvalue weighted by molar-refractivity contribution is 5.97. The molecule has 0 fully saturated rings. The number of hydrogen-bond acceptors (Lipinski definition) is 3. The van der Waals surface area contributed by atoms with Crippen molar-refractivity contribution in [1.29, 1.82) is 0 Å². The molecule has 0 bridgehead atoms. The number of fused-ring (bicyclic) bond motifs is 1. The molecule has 2 rings (SSSR count). The molecule has 8 heteroatoms. The van der Waals surface area contributed by atoms with Crippen molar-refractivity contribution in [2.45, 2.75) is 32.0 Å². The smallest absolute Gasteiger partial charge is 0.471 e. The lowest BCUT2D eigenvalue weighted by atomic mass is 9.95. The van der Waals surface area contributed by atoms with Crippen LogP contribution in [0.15, 0.2) is 18.2 Å². The number of alkyl halides is 3. The van der Waals surface area contributed by atoms with Crippen molar-refractivity contribution in [3.63, 3.8) is 0 Å². The summed E-state index contributed by atoms with van der Waals surface area (Å²) in [5.74, 6) is -3.39. The van der Waals surface area contributed by atoms with Gasteiger partial charge in [-0.15, -0.1) is 0 Å². The third-order valence-electron chi connectivity index (χ3n) is 3.64. The number of aliphatic carboxylic acids is 1. The molecule has 0 atom stereocenters. The largest absolute Gasteiger partial charge is 0.481 e. The molecule has 0 aromatic heterocycles. The number of ketones is 1. The monoisotopic (exact) mass is 329 g/mol. The Labute approximate surface area is 129 Å². The minimum absolute atomic E-state index is 0.0301. The van der Waals surface area contributed by atoms with Gasteiger partial charge in [0.15, 0.2) is 5.78 Å². The zero-order valence-corrected chi connectivity index (χ0v) is 12.0. The molecule has 1 aliphatic rings. The lowest BCUT2D eigenvalue weighted by Crippen LogP contribution is -2.43. The van der Waals surface area contributed by atoms with Crippen molar-refractivity contribution in [1.82, 2.24) is 4.90 Å². The van der Waals surface area contributed by atoms with Crippen LogP contribution in [0.5, 0.6) is 0 Å². The predicted octanol–water partition coefficient (Wildman–Crippen LogP) is 2.18. The van der Waals surface area contributed by atoms with Gasteiger partial charge < -0.3 is 10.0 Å². The molecule has 5 nitrogen and oxygen atoms in total. The molecule has 1 aromatic rings. The van der Waals surface area contributed by atoms with E-state index in [1.165, 1.54) is 12.1 Å². The molecule has 0 radical (unpaired) electrons. The quantitative estimate of drug-likeness (QED) is 0.859. The standard InChI is InChI=1S/C15H14F3NO4/c16-15(17,18)14(23)19-6-5-9-1-2-10(7-11(9)8-19)12(20)3-4-13(21)22/h1-2,7H,3-6,8H2,(H,21,22). The Balaban J connectivity index is 2.15. The van der Waals surface area contributed by atoms with Gasteiger partial charge in [-0.1, -0.05) is 12.1 Å². The highest BCUT2D eigenvalue weighted by Crippen LogP contribution is 2.26. The fourth-order valence-electron chi connectivity index (χ4n) is 2.45. The molecule has 0 spiro atoms. The maximum atomic E-state index is 12.5. The van der Waals surface area contributed by atoms with Gasteiger partial charge in [0, 0.05) is 25.1 Å². The summed E-state index contributed by atoms with van der Waals surface area (Å²) in [5, 5.41) is 8.57. The van der Waals surface area contributed by atoms with Crippen LogP contribution in [0.4, 0.5) is 13.2 Å². The maximum Gasteiger partial charge on any atom is 0.471 e. The minimum Gasteiger partial charge on any atom is -0.481 e. The van der Waals surface area contributed by atoms with Crippen molar-refractivity contribution in [3.05, 3.63) is 34.9 Å². The van der Waals surface area contributed by atoms with Crippen LogP contribution in [0.3, 0.4) is 0 Å². The Hall–Kier alpha value is -2.38. The van der Waals surface area contributed by atoms with Gasteiger partial charge in [0.05, 0.1) is 6.42 Å². The number of benzene rings is 1. The van der Waals surface area contributed by atoms with E-state index in [-0.39, 0.29) is 37.9 Å². The molecule has 23 heavy (non-hydrogen) atoms. The Morgan fingerprint density at radius 3 is 2.43 bits per heavy atom. The number of hydrogen-bond donors (Lipinski definition) is 1. The van der Waals surface area contributed by atoms with E-state index in [1.54, 1.807) is 6.07 Å². The van der Waals surface area contributed by atoms with Gasteiger partial charge in [0.2, 0.25) is 0 Å². The number of rotatable bonds is 4. The SMILES string of the molecule is O=C(O)CCC(=O)c1ccc2c(c1)CN(C(=O)C(F)(F)F)CC2. The number of carbonyl (C=O) groups excluding carboxylic acids is 2. The lowest BCUT2D eigenvalue weighted by molar-refractivity contribution is -0.186. The first kappa shape index (κ1) is 17.0. The number of halogens is 3. The topological polar surface area (TPSA) is 74.7 Å². The van der Waals surface area contributed by atoms with Crippen molar-refractivity contribution in [2.75, 3.05) is 6.54 Å². The molecule has 1 aliphatic heterocycles. The van der Waals surface area contributed by atoms with Crippen LogP contribution in [-0.2, 0) is 22.6 Å². The van der Waals surface area contributed by atoms with E-state index in [1.807, 2.05) is 0 Å². The fraction of sp³-hybridized carbons (Fsp3) is 0.400. The highest BCUT2D eigenvalue weighted by atomic mass is 19.4. The van der Waals surface area contributed by atoms with Crippen molar-refractivity contribution >= 4 is 17.7 Å². The Morgan fingerprint density at radius 1 is 1.13 bits per heavy atom. The second-order valence-electron chi connectivity index (χ2n) is 5.27. The number of carboxylic acid groups (broad SMARTS) is 1. The first-order valence-corrected chi connectivity index (χ1v) is 6.91. The van der Waals surface area contributed by atoms with E-state index in [9.17, 15) is 27.6 Å². The van der Waals surface area contributed by atoms with E-state index >= 15 is 0 Å². The Morgan fingerprint density at radius 2 is 1.83 bits per heavy atom. The van der Waals surface area contributed by atoms with Gasteiger partial charge in [-0.2, -0.15) is 13.2 Å². The second-order valence-corrected chi connectivity index (χ2v) is 5.27. The molecular formula is C15H14F3NO4. The van der Waals surface area contributed by atoms with Gasteiger partial charge in [0.1, 0.15) is 0 Å². The van der Waals surface area contributed by atoms with E-state index in [0.717, 1.165) is 5.56 Å². The molecule has 0 unspecified atom stereocenters. The molecule has 124 valence electrons. The molecular weight excluding hydrogens is 315 g/mol. The van der Waals surface area contributed by atoms with Crippen molar-refractivity contribution in [3.8, 4) is 0 Å². The zero-order chi connectivity index (χ0) is 17.2. The zero-order valence-electron chi connectivity index (χ0n) is 12.0. The minimum atomic E-state index is -4.92. The van der Waals surface area contributed by atoms with Gasteiger partial charge in [-0.05, 0) is 23.6 Å². The van der Waals surface area contributed by atoms with Gasteiger partial charge in [-0.3, -0.25) is 14.4 Å². The fourth-order valence-corrected chi connectivity index (χ4v) is 2.45. The van der Waals surface area contributed by atoms with E-state index in [4.69, 9.17) is 5.11 Å². The number of carboxylic acids is 1. The Bertz CT molecular complexity index is 655. The average Bonchev–Trinajstić information content (AvgIpc) is 2.49.